The van der Waals surface area contributed by atoms with E-state index < -0.39 is 5.60 Å². The van der Waals surface area contributed by atoms with Crippen LogP contribution in [0.1, 0.15) is 59.9 Å². The van der Waals surface area contributed by atoms with Gasteiger partial charge in [0.05, 0.1) is 0 Å². The molecular weight excluding hydrogens is 302 g/mol. The van der Waals surface area contributed by atoms with Gasteiger partial charge < -0.3 is 14.4 Å². The molecule has 0 atom stereocenters. The summed E-state index contributed by atoms with van der Waals surface area (Å²) in [7, 11) is 0. The fourth-order valence-corrected chi connectivity index (χ4v) is 2.85. The number of likely N-dealkylation sites (tertiary alicyclic amines) is 1. The van der Waals surface area contributed by atoms with E-state index in [-0.39, 0.29) is 17.6 Å². The summed E-state index contributed by atoms with van der Waals surface area (Å²) < 4.78 is 11.7. The first-order valence-corrected chi connectivity index (χ1v) is 8.80. The van der Waals surface area contributed by atoms with E-state index in [0.29, 0.717) is 13.1 Å². The number of hydrogen-bond acceptors (Lipinski definition) is 3. The summed E-state index contributed by atoms with van der Waals surface area (Å²) in [5.41, 5.74) is 0.823. The highest BCUT2D eigenvalue weighted by Gasteiger charge is 2.28. The number of carbonyl (C=O) groups excluding carboxylic acids is 1. The zero-order chi connectivity index (χ0) is 18.0. The number of para-hydroxylation sites is 1. The SMILES string of the molecule is CC(C)(C)OC(=O)N1CCC(Oc2ccccc2C(C)(C)C)CC1. The first-order valence-electron chi connectivity index (χ1n) is 8.80. The first-order chi connectivity index (χ1) is 11.1. The minimum atomic E-state index is -0.448. The fourth-order valence-electron chi connectivity index (χ4n) is 2.85. The van der Waals surface area contributed by atoms with Gasteiger partial charge in [-0.25, -0.2) is 4.79 Å². The van der Waals surface area contributed by atoms with Crippen LogP contribution < -0.4 is 4.74 Å². The summed E-state index contributed by atoms with van der Waals surface area (Å²) in [6.45, 7) is 13.6. The first kappa shape index (κ1) is 18.6. The number of rotatable bonds is 2. The number of carbonyl (C=O) groups is 1. The standard InChI is InChI=1S/C20H31NO3/c1-19(2,3)16-9-7-8-10-17(16)23-15-11-13-21(14-12-15)18(22)24-20(4,5)6/h7-10,15H,11-14H2,1-6H3. The molecular formula is C20H31NO3. The molecule has 1 saturated heterocycles. The maximum Gasteiger partial charge on any atom is 0.410 e. The zero-order valence-corrected chi connectivity index (χ0v) is 15.9. The van der Waals surface area contributed by atoms with Crippen molar-refractivity contribution in [2.24, 2.45) is 0 Å². The van der Waals surface area contributed by atoms with Gasteiger partial charge in [0.2, 0.25) is 0 Å². The van der Waals surface area contributed by atoms with Crippen molar-refractivity contribution in [2.45, 2.75) is 71.5 Å². The van der Waals surface area contributed by atoms with Gasteiger partial charge >= 0.3 is 6.09 Å². The molecule has 24 heavy (non-hydrogen) atoms. The highest BCUT2D eigenvalue weighted by molar-refractivity contribution is 5.68. The highest BCUT2D eigenvalue weighted by Crippen LogP contribution is 2.32. The van der Waals surface area contributed by atoms with E-state index in [2.05, 4.69) is 32.9 Å². The molecule has 2 rings (SSSR count). The third-order valence-corrected chi connectivity index (χ3v) is 4.08. The second kappa shape index (κ2) is 7.04. The molecule has 1 aliphatic heterocycles. The smallest absolute Gasteiger partial charge is 0.410 e. The Labute approximate surface area is 146 Å². The number of amides is 1. The maximum atomic E-state index is 12.1. The molecule has 1 amide bonds. The van der Waals surface area contributed by atoms with Crippen LogP contribution in [-0.2, 0) is 10.2 Å². The number of piperidine rings is 1. The molecule has 134 valence electrons. The lowest BCUT2D eigenvalue weighted by Gasteiger charge is -2.34. The van der Waals surface area contributed by atoms with Crippen molar-refractivity contribution in [3.05, 3.63) is 29.8 Å². The predicted octanol–water partition coefficient (Wildman–Crippen LogP) is 4.76. The lowest BCUT2D eigenvalue weighted by atomic mass is 9.86. The molecule has 4 heteroatoms. The van der Waals surface area contributed by atoms with Crippen molar-refractivity contribution < 1.29 is 14.3 Å². The molecule has 1 heterocycles. The van der Waals surface area contributed by atoms with Crippen molar-refractivity contribution in [2.75, 3.05) is 13.1 Å². The van der Waals surface area contributed by atoms with Crippen LogP contribution in [0.2, 0.25) is 0 Å². The second-order valence-corrected chi connectivity index (χ2v) is 8.53. The van der Waals surface area contributed by atoms with Crippen molar-refractivity contribution in [3.8, 4) is 5.75 Å². The molecule has 4 nitrogen and oxygen atoms in total. The summed E-state index contributed by atoms with van der Waals surface area (Å²) in [4.78, 5) is 13.9. The molecule has 0 radical (unpaired) electrons. The molecule has 0 aromatic heterocycles. The van der Waals surface area contributed by atoms with Gasteiger partial charge in [0.25, 0.3) is 0 Å². The number of benzene rings is 1. The van der Waals surface area contributed by atoms with Gasteiger partial charge in [-0.2, -0.15) is 0 Å². The van der Waals surface area contributed by atoms with Crippen molar-refractivity contribution in [1.82, 2.24) is 4.90 Å². The lowest BCUT2D eigenvalue weighted by molar-refractivity contribution is 0.0125. The monoisotopic (exact) mass is 333 g/mol. The summed E-state index contributed by atoms with van der Waals surface area (Å²) >= 11 is 0. The van der Waals surface area contributed by atoms with E-state index in [1.54, 1.807) is 4.90 Å². The number of ether oxygens (including phenoxy) is 2. The van der Waals surface area contributed by atoms with Gasteiger partial charge in [0.15, 0.2) is 0 Å². The zero-order valence-electron chi connectivity index (χ0n) is 15.9. The Morgan fingerprint density at radius 2 is 1.62 bits per heavy atom. The number of hydrogen-bond donors (Lipinski definition) is 0. The summed E-state index contributed by atoms with van der Waals surface area (Å²) in [5, 5.41) is 0. The minimum absolute atomic E-state index is 0.0494. The Morgan fingerprint density at radius 1 is 1.04 bits per heavy atom. The van der Waals surface area contributed by atoms with Gasteiger partial charge in [0, 0.05) is 25.9 Å². The Kier molecular flexibility index (Phi) is 5.46. The summed E-state index contributed by atoms with van der Waals surface area (Å²) in [5.74, 6) is 0.959. The quantitative estimate of drug-likeness (QED) is 0.783. The molecule has 1 aromatic rings. The van der Waals surface area contributed by atoms with Gasteiger partial charge in [0.1, 0.15) is 17.5 Å². The Morgan fingerprint density at radius 3 is 2.17 bits per heavy atom. The molecule has 0 N–H and O–H groups in total. The average molecular weight is 333 g/mol. The number of nitrogens with zero attached hydrogens (tertiary/aromatic N) is 1. The molecule has 0 unspecified atom stereocenters. The van der Waals surface area contributed by atoms with E-state index in [1.807, 2.05) is 32.9 Å². The van der Waals surface area contributed by atoms with E-state index >= 15 is 0 Å². The Balaban J connectivity index is 1.94. The van der Waals surface area contributed by atoms with E-state index in [9.17, 15) is 4.79 Å². The van der Waals surface area contributed by atoms with Gasteiger partial charge in [-0.3, -0.25) is 0 Å². The summed E-state index contributed by atoms with van der Waals surface area (Å²) in [6, 6.07) is 8.24. The highest BCUT2D eigenvalue weighted by atomic mass is 16.6. The topological polar surface area (TPSA) is 38.8 Å². The molecule has 0 bridgehead atoms. The molecule has 0 saturated carbocycles. The largest absolute Gasteiger partial charge is 0.490 e. The minimum Gasteiger partial charge on any atom is -0.490 e. The predicted molar refractivity (Wildman–Crippen MR) is 96.6 cm³/mol. The molecule has 0 aliphatic carbocycles. The van der Waals surface area contributed by atoms with Gasteiger partial charge in [-0.05, 0) is 37.8 Å². The fraction of sp³-hybridized carbons (Fsp3) is 0.650. The molecule has 1 aromatic carbocycles. The molecule has 1 aliphatic rings. The van der Waals surface area contributed by atoms with Crippen LogP contribution in [0.15, 0.2) is 24.3 Å². The van der Waals surface area contributed by atoms with Gasteiger partial charge in [-0.15, -0.1) is 0 Å². The van der Waals surface area contributed by atoms with Crippen LogP contribution >= 0.6 is 0 Å². The Hall–Kier alpha value is -1.71. The lowest BCUT2D eigenvalue weighted by Crippen LogP contribution is -2.44. The average Bonchev–Trinajstić information content (AvgIpc) is 2.45. The van der Waals surface area contributed by atoms with E-state index in [4.69, 9.17) is 9.47 Å². The van der Waals surface area contributed by atoms with E-state index in [0.717, 1.165) is 18.6 Å². The van der Waals surface area contributed by atoms with Crippen LogP contribution in [0.5, 0.6) is 5.75 Å². The van der Waals surface area contributed by atoms with Crippen LogP contribution in [0.4, 0.5) is 4.79 Å². The molecule has 0 spiro atoms. The maximum absolute atomic E-state index is 12.1. The van der Waals surface area contributed by atoms with Crippen LogP contribution in [0, 0.1) is 0 Å². The third kappa shape index (κ3) is 5.15. The normalized spacial score (nSPS) is 16.8. The third-order valence-electron chi connectivity index (χ3n) is 4.08. The van der Waals surface area contributed by atoms with E-state index in [1.165, 1.54) is 5.56 Å². The van der Waals surface area contributed by atoms with Crippen LogP contribution in [-0.4, -0.2) is 35.8 Å². The van der Waals surface area contributed by atoms with Crippen LogP contribution in [0.25, 0.3) is 0 Å². The Bertz CT molecular complexity index is 561. The van der Waals surface area contributed by atoms with Gasteiger partial charge in [-0.1, -0.05) is 39.0 Å². The van der Waals surface area contributed by atoms with Crippen molar-refractivity contribution in [1.29, 1.82) is 0 Å². The van der Waals surface area contributed by atoms with Crippen molar-refractivity contribution in [3.63, 3.8) is 0 Å². The second-order valence-electron chi connectivity index (χ2n) is 8.53. The van der Waals surface area contributed by atoms with Crippen LogP contribution in [0.3, 0.4) is 0 Å². The van der Waals surface area contributed by atoms with Crippen molar-refractivity contribution >= 4 is 6.09 Å². The summed E-state index contributed by atoms with van der Waals surface area (Å²) in [6.07, 6.45) is 1.58. The molecule has 1 fully saturated rings.